The maximum Gasteiger partial charge on any atom is 0.222 e. The lowest BCUT2D eigenvalue weighted by Crippen LogP contribution is -2.31. The summed E-state index contributed by atoms with van der Waals surface area (Å²) in [4.78, 5) is 11.8. The molecule has 0 heterocycles. The zero-order valence-electron chi connectivity index (χ0n) is 13.7. The summed E-state index contributed by atoms with van der Waals surface area (Å²) in [5, 5.41) is 2.92. The van der Waals surface area contributed by atoms with Crippen molar-refractivity contribution in [2.45, 2.75) is 32.4 Å². The van der Waals surface area contributed by atoms with Crippen LogP contribution in [-0.4, -0.2) is 39.4 Å². The average molecular weight is 310 g/mol. The molecule has 1 amide bonds. The molecule has 0 fully saturated rings. The Bertz CT molecular complexity index is 477. The van der Waals surface area contributed by atoms with Gasteiger partial charge in [-0.2, -0.15) is 0 Å². The highest BCUT2D eigenvalue weighted by atomic mass is 16.5. The van der Waals surface area contributed by atoms with Crippen molar-refractivity contribution in [1.29, 1.82) is 0 Å². The molecule has 1 aromatic rings. The van der Waals surface area contributed by atoms with Crippen molar-refractivity contribution in [3.8, 4) is 11.5 Å². The van der Waals surface area contributed by atoms with Crippen molar-refractivity contribution in [2.75, 3.05) is 27.4 Å². The van der Waals surface area contributed by atoms with Crippen LogP contribution in [0.25, 0.3) is 0 Å². The lowest BCUT2D eigenvalue weighted by Gasteiger charge is -2.17. The maximum atomic E-state index is 11.8. The Morgan fingerprint density at radius 2 is 1.95 bits per heavy atom. The van der Waals surface area contributed by atoms with Gasteiger partial charge in [0.05, 0.1) is 19.8 Å². The van der Waals surface area contributed by atoms with E-state index in [2.05, 4.69) is 5.32 Å². The summed E-state index contributed by atoms with van der Waals surface area (Å²) in [5.41, 5.74) is 6.56. The molecule has 3 N–H and O–H groups in total. The molecule has 0 bridgehead atoms. The van der Waals surface area contributed by atoms with Gasteiger partial charge in [0, 0.05) is 19.6 Å². The van der Waals surface area contributed by atoms with Gasteiger partial charge in [-0.3, -0.25) is 4.79 Å². The molecule has 0 spiro atoms. The summed E-state index contributed by atoms with van der Waals surface area (Å²) in [6.45, 7) is 4.68. The van der Waals surface area contributed by atoms with E-state index in [-0.39, 0.29) is 18.0 Å². The predicted molar refractivity (Wildman–Crippen MR) is 85.2 cm³/mol. The molecular formula is C16H26N2O4. The van der Waals surface area contributed by atoms with Gasteiger partial charge < -0.3 is 25.3 Å². The molecule has 1 rings (SSSR count). The van der Waals surface area contributed by atoms with Gasteiger partial charge in [-0.05, 0) is 31.5 Å². The minimum absolute atomic E-state index is 0.0677. The first-order chi connectivity index (χ1) is 10.5. The SMILES string of the molecule is COCCOc1ccc(C(C)NC(=O)CC(C)N)cc1OC. The summed E-state index contributed by atoms with van der Waals surface area (Å²) in [6.07, 6.45) is 0.305. The van der Waals surface area contributed by atoms with Crippen molar-refractivity contribution >= 4 is 5.91 Å². The molecule has 2 atom stereocenters. The monoisotopic (exact) mass is 310 g/mol. The summed E-state index contributed by atoms with van der Waals surface area (Å²) in [6, 6.07) is 5.31. The van der Waals surface area contributed by atoms with E-state index in [4.69, 9.17) is 19.9 Å². The van der Waals surface area contributed by atoms with Crippen LogP contribution in [0.4, 0.5) is 0 Å². The van der Waals surface area contributed by atoms with Gasteiger partial charge in [0.1, 0.15) is 6.61 Å². The lowest BCUT2D eigenvalue weighted by atomic mass is 10.1. The molecule has 1 aromatic carbocycles. The number of hydrogen-bond donors (Lipinski definition) is 2. The van der Waals surface area contributed by atoms with Gasteiger partial charge in [-0.15, -0.1) is 0 Å². The van der Waals surface area contributed by atoms with Crippen molar-refractivity contribution < 1.29 is 19.0 Å². The van der Waals surface area contributed by atoms with Crippen molar-refractivity contribution in [1.82, 2.24) is 5.32 Å². The Morgan fingerprint density at radius 3 is 2.55 bits per heavy atom. The number of amides is 1. The number of benzene rings is 1. The van der Waals surface area contributed by atoms with Gasteiger partial charge in [-0.1, -0.05) is 6.07 Å². The number of methoxy groups -OCH3 is 2. The predicted octanol–water partition coefficient (Wildman–Crippen LogP) is 1.63. The van der Waals surface area contributed by atoms with E-state index < -0.39 is 0 Å². The third kappa shape index (κ3) is 5.91. The number of ether oxygens (including phenoxy) is 3. The number of nitrogens with one attached hydrogen (secondary N) is 1. The quantitative estimate of drug-likeness (QED) is 0.677. The van der Waals surface area contributed by atoms with Gasteiger partial charge in [0.2, 0.25) is 5.91 Å². The molecular weight excluding hydrogens is 284 g/mol. The Morgan fingerprint density at radius 1 is 1.23 bits per heavy atom. The van der Waals surface area contributed by atoms with Crippen molar-refractivity contribution in [3.63, 3.8) is 0 Å². The molecule has 0 saturated carbocycles. The highest BCUT2D eigenvalue weighted by Gasteiger charge is 2.13. The fourth-order valence-corrected chi connectivity index (χ4v) is 1.98. The van der Waals surface area contributed by atoms with Gasteiger partial charge in [0.25, 0.3) is 0 Å². The van der Waals surface area contributed by atoms with E-state index in [1.807, 2.05) is 25.1 Å². The minimum atomic E-state index is -0.154. The second-order valence-corrected chi connectivity index (χ2v) is 5.22. The first-order valence-corrected chi connectivity index (χ1v) is 7.32. The molecule has 124 valence electrons. The van der Waals surface area contributed by atoms with E-state index in [1.54, 1.807) is 21.1 Å². The van der Waals surface area contributed by atoms with Crippen LogP contribution in [0.2, 0.25) is 0 Å². The van der Waals surface area contributed by atoms with Crippen LogP contribution in [0, 0.1) is 0 Å². The fourth-order valence-electron chi connectivity index (χ4n) is 1.98. The van der Waals surface area contributed by atoms with E-state index >= 15 is 0 Å². The number of carbonyl (C=O) groups excluding carboxylic acids is 1. The topological polar surface area (TPSA) is 82.8 Å². The molecule has 6 nitrogen and oxygen atoms in total. The van der Waals surface area contributed by atoms with Crippen LogP contribution in [-0.2, 0) is 9.53 Å². The summed E-state index contributed by atoms with van der Waals surface area (Å²) < 4.78 is 15.9. The molecule has 0 saturated heterocycles. The molecule has 2 unspecified atom stereocenters. The standard InChI is InChI=1S/C16H26N2O4/c1-11(17)9-16(19)18-12(2)13-5-6-14(15(10-13)21-4)22-8-7-20-3/h5-6,10-12H,7-9,17H2,1-4H3,(H,18,19). The highest BCUT2D eigenvalue weighted by Crippen LogP contribution is 2.30. The highest BCUT2D eigenvalue weighted by molar-refractivity contribution is 5.77. The fraction of sp³-hybridized carbons (Fsp3) is 0.562. The number of hydrogen-bond acceptors (Lipinski definition) is 5. The molecule has 0 radical (unpaired) electrons. The number of nitrogens with two attached hydrogens (primary N) is 1. The average Bonchev–Trinajstić information content (AvgIpc) is 2.46. The Hall–Kier alpha value is -1.79. The molecule has 6 heteroatoms. The second kappa shape index (κ2) is 9.27. The Kier molecular flexibility index (Phi) is 7.70. The molecule has 0 aliphatic carbocycles. The molecule has 0 aromatic heterocycles. The summed E-state index contributed by atoms with van der Waals surface area (Å²) >= 11 is 0. The maximum absolute atomic E-state index is 11.8. The van der Waals surface area contributed by atoms with Gasteiger partial charge in [0.15, 0.2) is 11.5 Å². The Labute approximate surface area is 131 Å². The van der Waals surface area contributed by atoms with Crippen LogP contribution < -0.4 is 20.5 Å². The van der Waals surface area contributed by atoms with Crippen LogP contribution in [0.1, 0.15) is 31.9 Å². The third-order valence-electron chi connectivity index (χ3n) is 3.12. The molecule has 0 aliphatic heterocycles. The zero-order chi connectivity index (χ0) is 16.5. The van der Waals surface area contributed by atoms with Crippen LogP contribution in [0.15, 0.2) is 18.2 Å². The largest absolute Gasteiger partial charge is 0.493 e. The zero-order valence-corrected chi connectivity index (χ0v) is 13.7. The van der Waals surface area contributed by atoms with Crippen molar-refractivity contribution in [3.05, 3.63) is 23.8 Å². The molecule has 0 aliphatic rings. The minimum Gasteiger partial charge on any atom is -0.493 e. The van der Waals surface area contributed by atoms with E-state index in [9.17, 15) is 4.79 Å². The molecule has 22 heavy (non-hydrogen) atoms. The first-order valence-electron chi connectivity index (χ1n) is 7.32. The van der Waals surface area contributed by atoms with Crippen LogP contribution in [0.5, 0.6) is 11.5 Å². The number of carbonyl (C=O) groups is 1. The number of rotatable bonds is 9. The van der Waals surface area contributed by atoms with Crippen LogP contribution in [0.3, 0.4) is 0 Å². The normalized spacial score (nSPS) is 13.3. The van der Waals surface area contributed by atoms with Crippen molar-refractivity contribution in [2.24, 2.45) is 5.73 Å². The summed E-state index contributed by atoms with van der Waals surface area (Å²) in [5.74, 6) is 1.21. The van der Waals surface area contributed by atoms with E-state index in [0.29, 0.717) is 31.1 Å². The van der Waals surface area contributed by atoms with E-state index in [1.165, 1.54) is 0 Å². The lowest BCUT2D eigenvalue weighted by molar-refractivity contribution is -0.122. The van der Waals surface area contributed by atoms with Gasteiger partial charge in [-0.25, -0.2) is 0 Å². The van der Waals surface area contributed by atoms with Gasteiger partial charge >= 0.3 is 0 Å². The second-order valence-electron chi connectivity index (χ2n) is 5.22. The smallest absolute Gasteiger partial charge is 0.222 e. The van der Waals surface area contributed by atoms with E-state index in [0.717, 1.165) is 5.56 Å². The third-order valence-corrected chi connectivity index (χ3v) is 3.12. The Balaban J connectivity index is 2.72. The summed E-state index contributed by atoms with van der Waals surface area (Å²) in [7, 11) is 3.21. The first kappa shape index (κ1) is 18.3. The van der Waals surface area contributed by atoms with Crippen LogP contribution >= 0.6 is 0 Å².